The minimum atomic E-state index is -1.13. The third kappa shape index (κ3) is 3.55. The Balaban J connectivity index is 1.66. The number of benzene rings is 2. The first kappa shape index (κ1) is 20.3. The van der Waals surface area contributed by atoms with Gasteiger partial charge in [-0.2, -0.15) is 0 Å². The number of fused-ring (bicyclic) bond motifs is 2. The number of H-pyrrole nitrogens is 1. The zero-order valence-electron chi connectivity index (χ0n) is 16.5. The molecule has 0 aliphatic carbocycles. The second kappa shape index (κ2) is 8.04. The topological polar surface area (TPSA) is 129 Å². The monoisotopic (exact) mass is 421 g/mol. The molecule has 1 atom stereocenters. The highest BCUT2D eigenvalue weighted by atomic mass is 16.5. The van der Waals surface area contributed by atoms with E-state index in [1.165, 1.54) is 7.11 Å². The molecule has 4 rings (SSSR count). The first-order valence-corrected chi connectivity index (χ1v) is 9.51. The molecule has 2 heterocycles. The fourth-order valence-electron chi connectivity index (χ4n) is 3.85. The molecule has 31 heavy (non-hydrogen) atoms. The molecule has 1 aliphatic heterocycles. The minimum absolute atomic E-state index is 0.000614. The molecule has 9 heteroatoms. The average molecular weight is 421 g/mol. The maximum atomic E-state index is 12.9. The summed E-state index contributed by atoms with van der Waals surface area (Å²) >= 11 is 0. The Bertz CT molecular complexity index is 1180. The van der Waals surface area contributed by atoms with Crippen molar-refractivity contribution in [3.8, 4) is 0 Å². The minimum Gasteiger partial charge on any atom is -0.467 e. The van der Waals surface area contributed by atoms with E-state index < -0.39 is 29.7 Å². The summed E-state index contributed by atoms with van der Waals surface area (Å²) in [6.07, 6.45) is 1.75. The predicted octanol–water partition coefficient (Wildman–Crippen LogP) is 1.60. The molecule has 0 radical (unpaired) electrons. The highest BCUT2D eigenvalue weighted by molar-refractivity contribution is 6.22. The van der Waals surface area contributed by atoms with Crippen molar-refractivity contribution < 1.29 is 29.1 Å². The summed E-state index contributed by atoms with van der Waals surface area (Å²) in [6.45, 7) is 0. The van der Waals surface area contributed by atoms with Crippen LogP contribution in [0.1, 0.15) is 31.8 Å². The van der Waals surface area contributed by atoms with Crippen molar-refractivity contribution in [3.63, 3.8) is 0 Å². The highest BCUT2D eigenvalue weighted by Crippen LogP contribution is 2.28. The van der Waals surface area contributed by atoms with Crippen LogP contribution >= 0.6 is 0 Å². The summed E-state index contributed by atoms with van der Waals surface area (Å²) in [5.74, 6) is -2.30. The summed E-state index contributed by atoms with van der Waals surface area (Å²) < 4.78 is 4.89. The molecular weight excluding hydrogens is 402 g/mol. The Morgan fingerprint density at radius 2 is 1.81 bits per heavy atom. The fraction of sp³-hybridized carbons (Fsp3) is 0.182. The third-order valence-corrected chi connectivity index (χ3v) is 5.34. The van der Waals surface area contributed by atoms with Gasteiger partial charge in [-0.1, -0.05) is 24.3 Å². The van der Waals surface area contributed by atoms with Gasteiger partial charge in [-0.3, -0.25) is 24.5 Å². The molecular formula is C22H19N3O6. The van der Waals surface area contributed by atoms with Crippen molar-refractivity contribution >= 4 is 34.6 Å². The van der Waals surface area contributed by atoms with Gasteiger partial charge in [0.05, 0.1) is 24.7 Å². The molecule has 0 spiro atoms. The number of esters is 1. The maximum Gasteiger partial charge on any atom is 0.329 e. The largest absolute Gasteiger partial charge is 0.467 e. The number of hydrogen-bond acceptors (Lipinski definition) is 6. The number of hydrogen-bond donors (Lipinski definition) is 3. The number of amides is 3. The summed E-state index contributed by atoms with van der Waals surface area (Å²) in [7, 11) is 1.21. The van der Waals surface area contributed by atoms with Gasteiger partial charge in [-0.15, -0.1) is 0 Å². The number of nitrogens with one attached hydrogen (secondary N) is 2. The summed E-state index contributed by atoms with van der Waals surface area (Å²) in [6, 6.07) is 10.6. The van der Waals surface area contributed by atoms with E-state index in [4.69, 9.17) is 9.94 Å². The Kier molecular flexibility index (Phi) is 5.26. The van der Waals surface area contributed by atoms with Gasteiger partial charge in [0.15, 0.2) is 0 Å². The SMILES string of the molecule is COC(=O)[C@H](Cc1c[nH]c2cc(CC(=O)NO)ccc12)N1C(=O)c2ccccc2C1=O. The molecule has 3 N–H and O–H groups in total. The molecule has 0 bridgehead atoms. The maximum absolute atomic E-state index is 12.9. The first-order chi connectivity index (χ1) is 14.9. The number of aromatic nitrogens is 1. The van der Waals surface area contributed by atoms with Gasteiger partial charge in [0.1, 0.15) is 6.04 Å². The molecule has 0 unspecified atom stereocenters. The van der Waals surface area contributed by atoms with Gasteiger partial charge in [0.25, 0.3) is 11.8 Å². The molecule has 9 nitrogen and oxygen atoms in total. The number of rotatable bonds is 6. The average Bonchev–Trinajstić information content (AvgIpc) is 3.30. The second-order valence-electron chi connectivity index (χ2n) is 7.17. The van der Waals surface area contributed by atoms with Gasteiger partial charge in [-0.05, 0) is 29.3 Å². The van der Waals surface area contributed by atoms with Gasteiger partial charge in [0, 0.05) is 23.5 Å². The van der Waals surface area contributed by atoms with Crippen LogP contribution in [-0.2, 0) is 27.2 Å². The Morgan fingerprint density at radius 1 is 1.13 bits per heavy atom. The van der Waals surface area contributed by atoms with Crippen LogP contribution in [0.4, 0.5) is 0 Å². The van der Waals surface area contributed by atoms with Crippen molar-refractivity contribution in [2.45, 2.75) is 18.9 Å². The predicted molar refractivity (Wildman–Crippen MR) is 108 cm³/mol. The van der Waals surface area contributed by atoms with E-state index in [0.717, 1.165) is 10.3 Å². The quantitative estimate of drug-likeness (QED) is 0.240. The lowest BCUT2D eigenvalue weighted by Gasteiger charge is -2.23. The van der Waals surface area contributed by atoms with Crippen LogP contribution in [0.5, 0.6) is 0 Å². The normalized spacial score (nSPS) is 13.9. The molecule has 2 aromatic carbocycles. The Hall–Kier alpha value is -3.98. The smallest absolute Gasteiger partial charge is 0.329 e. The number of carbonyl (C=O) groups excluding carboxylic acids is 4. The summed E-state index contributed by atoms with van der Waals surface area (Å²) in [5.41, 5.74) is 4.20. The molecule has 1 aliphatic rings. The van der Waals surface area contributed by atoms with Crippen LogP contribution < -0.4 is 5.48 Å². The number of aromatic amines is 1. The molecule has 158 valence electrons. The number of carbonyl (C=O) groups is 4. The van der Waals surface area contributed by atoms with Crippen molar-refractivity contribution in [1.29, 1.82) is 0 Å². The van der Waals surface area contributed by atoms with Crippen molar-refractivity contribution in [3.05, 3.63) is 70.9 Å². The first-order valence-electron chi connectivity index (χ1n) is 9.51. The standard InChI is InChI=1S/C22H19N3O6/c1-31-22(29)18(25-20(27)15-4-2-3-5-16(15)21(25)28)10-13-11-23-17-8-12(6-7-14(13)17)9-19(26)24-30/h2-8,11,18,23,30H,9-10H2,1H3,(H,24,26)/t18-/m0/s1. The van der Waals surface area contributed by atoms with E-state index in [9.17, 15) is 19.2 Å². The lowest BCUT2D eigenvalue weighted by molar-refractivity contribution is -0.145. The van der Waals surface area contributed by atoms with Crippen molar-refractivity contribution in [1.82, 2.24) is 15.4 Å². The van der Waals surface area contributed by atoms with E-state index in [-0.39, 0.29) is 24.0 Å². The van der Waals surface area contributed by atoms with Crippen molar-refractivity contribution in [2.75, 3.05) is 7.11 Å². The van der Waals surface area contributed by atoms with Gasteiger partial charge < -0.3 is 9.72 Å². The molecule has 0 saturated carbocycles. The van der Waals surface area contributed by atoms with Gasteiger partial charge in [-0.25, -0.2) is 10.3 Å². The number of methoxy groups -OCH3 is 1. The Morgan fingerprint density at radius 3 is 2.42 bits per heavy atom. The highest BCUT2D eigenvalue weighted by Gasteiger charge is 2.43. The van der Waals surface area contributed by atoms with Gasteiger partial charge >= 0.3 is 5.97 Å². The van der Waals surface area contributed by atoms with E-state index in [1.807, 2.05) is 0 Å². The number of imide groups is 1. The van der Waals surface area contributed by atoms with Gasteiger partial charge in [0.2, 0.25) is 5.91 Å². The zero-order chi connectivity index (χ0) is 22.1. The molecule has 1 aromatic heterocycles. The molecule has 0 fully saturated rings. The molecule has 3 amide bonds. The Labute approximate surface area is 176 Å². The molecule has 3 aromatic rings. The van der Waals surface area contributed by atoms with Crippen LogP contribution in [0.15, 0.2) is 48.7 Å². The van der Waals surface area contributed by atoms with E-state index in [0.29, 0.717) is 16.6 Å². The number of hydroxylamine groups is 1. The third-order valence-electron chi connectivity index (χ3n) is 5.34. The molecule has 0 saturated heterocycles. The van der Waals surface area contributed by atoms with Crippen LogP contribution in [-0.4, -0.2) is 51.9 Å². The fourth-order valence-corrected chi connectivity index (χ4v) is 3.85. The lowest BCUT2D eigenvalue weighted by atomic mass is 10.0. The van der Waals surface area contributed by atoms with E-state index >= 15 is 0 Å². The van der Waals surface area contributed by atoms with Crippen LogP contribution in [0.2, 0.25) is 0 Å². The summed E-state index contributed by atoms with van der Waals surface area (Å²) in [5, 5.41) is 9.47. The van der Waals surface area contributed by atoms with Crippen LogP contribution in [0.3, 0.4) is 0 Å². The van der Waals surface area contributed by atoms with Crippen LogP contribution in [0.25, 0.3) is 10.9 Å². The second-order valence-corrected chi connectivity index (χ2v) is 7.17. The van der Waals surface area contributed by atoms with E-state index in [1.54, 1.807) is 54.1 Å². The summed E-state index contributed by atoms with van der Waals surface area (Å²) in [4.78, 5) is 53.7. The number of ether oxygens (including phenoxy) is 1. The lowest BCUT2D eigenvalue weighted by Crippen LogP contribution is -2.46. The number of nitrogens with zero attached hydrogens (tertiary/aromatic N) is 1. The van der Waals surface area contributed by atoms with E-state index in [2.05, 4.69) is 4.98 Å². The van der Waals surface area contributed by atoms with Crippen molar-refractivity contribution in [2.24, 2.45) is 0 Å². The zero-order valence-corrected chi connectivity index (χ0v) is 16.5. The van der Waals surface area contributed by atoms with Crippen LogP contribution in [0, 0.1) is 0 Å².